The summed E-state index contributed by atoms with van der Waals surface area (Å²) in [5.41, 5.74) is 0. The third-order valence-electron chi connectivity index (χ3n) is 5.00. The van der Waals surface area contributed by atoms with Gasteiger partial charge in [-0.2, -0.15) is 4.31 Å². The van der Waals surface area contributed by atoms with Crippen molar-refractivity contribution in [1.29, 1.82) is 0 Å². The van der Waals surface area contributed by atoms with E-state index in [1.807, 2.05) is 0 Å². The van der Waals surface area contributed by atoms with E-state index in [0.717, 1.165) is 13.1 Å². The zero-order valence-electron chi connectivity index (χ0n) is 16.2. The van der Waals surface area contributed by atoms with Gasteiger partial charge in [0.2, 0.25) is 15.9 Å². The molecule has 1 amide bonds. The summed E-state index contributed by atoms with van der Waals surface area (Å²) in [5.74, 6) is -0.152. The van der Waals surface area contributed by atoms with E-state index < -0.39 is 10.0 Å². The first kappa shape index (κ1) is 22.1. The third-order valence-corrected chi connectivity index (χ3v) is 7.35. The van der Waals surface area contributed by atoms with Crippen LogP contribution in [-0.2, 0) is 14.8 Å². The Morgan fingerprint density at radius 3 is 2.63 bits per heavy atom. The molecule has 27 heavy (non-hydrogen) atoms. The lowest BCUT2D eigenvalue weighted by Gasteiger charge is -2.31. The van der Waals surface area contributed by atoms with Crippen LogP contribution < -0.4 is 5.32 Å². The molecule has 1 aromatic rings. The van der Waals surface area contributed by atoms with Crippen molar-refractivity contribution < 1.29 is 13.2 Å². The Labute approximate surface area is 167 Å². The van der Waals surface area contributed by atoms with Crippen molar-refractivity contribution in [1.82, 2.24) is 19.5 Å². The number of hydrogen-bond donors (Lipinski definition) is 1. The van der Waals surface area contributed by atoms with Gasteiger partial charge in [-0.15, -0.1) is 0 Å². The molecule has 0 aliphatic carbocycles. The molecule has 1 aliphatic rings. The number of rotatable bonds is 8. The average molecular weight is 417 g/mol. The van der Waals surface area contributed by atoms with Crippen molar-refractivity contribution in [2.75, 3.05) is 32.7 Å². The van der Waals surface area contributed by atoms with Gasteiger partial charge in [0.05, 0.1) is 0 Å². The van der Waals surface area contributed by atoms with Crippen LogP contribution in [0.3, 0.4) is 0 Å². The molecule has 7 nitrogen and oxygen atoms in total. The predicted molar refractivity (Wildman–Crippen MR) is 106 cm³/mol. The van der Waals surface area contributed by atoms with E-state index in [9.17, 15) is 13.2 Å². The highest BCUT2D eigenvalue weighted by Gasteiger charge is 2.33. The Balaban J connectivity index is 1.86. The molecule has 2 heterocycles. The van der Waals surface area contributed by atoms with Crippen LogP contribution in [0.1, 0.15) is 33.6 Å². The number of sulfonamides is 1. The lowest BCUT2D eigenvalue weighted by Crippen LogP contribution is -2.44. The summed E-state index contributed by atoms with van der Waals surface area (Å²) < 4.78 is 26.8. The van der Waals surface area contributed by atoms with Gasteiger partial charge in [-0.3, -0.25) is 9.69 Å². The van der Waals surface area contributed by atoms with Gasteiger partial charge < -0.3 is 5.32 Å². The van der Waals surface area contributed by atoms with E-state index in [4.69, 9.17) is 11.6 Å². The molecule has 0 spiro atoms. The lowest BCUT2D eigenvalue weighted by atomic mass is 9.97. The molecule has 9 heteroatoms. The number of carbonyl (C=O) groups is 1. The Morgan fingerprint density at radius 1 is 1.41 bits per heavy atom. The number of nitrogens with zero attached hydrogens (tertiary/aromatic N) is 3. The minimum Gasteiger partial charge on any atom is -0.355 e. The molecule has 0 aromatic carbocycles. The van der Waals surface area contributed by atoms with Gasteiger partial charge in [-0.05, 0) is 45.4 Å². The number of likely N-dealkylation sites (N-methyl/N-ethyl adjacent to an activating group) is 1. The SMILES string of the molecule is CCN(CCNC(=O)C1CCN(S(=O)(=O)c2cccnc2Cl)CC1)C(C)C. The normalized spacial score (nSPS) is 16.8. The van der Waals surface area contributed by atoms with Crippen molar-refractivity contribution >= 4 is 27.5 Å². The van der Waals surface area contributed by atoms with Crippen LogP contribution in [0.15, 0.2) is 23.2 Å². The molecule has 1 N–H and O–H groups in total. The molecule has 1 fully saturated rings. The van der Waals surface area contributed by atoms with E-state index in [0.29, 0.717) is 38.5 Å². The van der Waals surface area contributed by atoms with E-state index >= 15 is 0 Å². The van der Waals surface area contributed by atoms with Crippen LogP contribution in [0.2, 0.25) is 5.15 Å². The minimum absolute atomic E-state index is 0.00580. The second-order valence-corrected chi connectivity index (χ2v) is 9.25. The second-order valence-electron chi connectivity index (χ2n) is 6.98. The average Bonchev–Trinajstić information content (AvgIpc) is 2.65. The Morgan fingerprint density at radius 2 is 2.07 bits per heavy atom. The van der Waals surface area contributed by atoms with Crippen LogP contribution >= 0.6 is 11.6 Å². The van der Waals surface area contributed by atoms with Crippen molar-refractivity contribution in [2.24, 2.45) is 5.92 Å². The van der Waals surface area contributed by atoms with Crippen LogP contribution in [0, 0.1) is 5.92 Å². The largest absolute Gasteiger partial charge is 0.355 e. The van der Waals surface area contributed by atoms with Gasteiger partial charge in [0.1, 0.15) is 10.0 Å². The summed E-state index contributed by atoms with van der Waals surface area (Å²) in [6.45, 7) is 9.35. The highest BCUT2D eigenvalue weighted by molar-refractivity contribution is 7.89. The topological polar surface area (TPSA) is 82.6 Å². The van der Waals surface area contributed by atoms with E-state index in [2.05, 4.69) is 36.0 Å². The predicted octanol–water partition coefficient (Wildman–Crippen LogP) is 1.98. The first-order valence-corrected chi connectivity index (χ1v) is 11.2. The molecule has 1 saturated heterocycles. The quantitative estimate of drug-likeness (QED) is 0.655. The Kier molecular flexibility index (Phi) is 8.03. The molecule has 0 unspecified atom stereocenters. The molecule has 2 rings (SSSR count). The summed E-state index contributed by atoms with van der Waals surface area (Å²) in [6.07, 6.45) is 2.46. The number of amides is 1. The number of carbonyl (C=O) groups excluding carboxylic acids is 1. The fourth-order valence-electron chi connectivity index (χ4n) is 3.31. The third kappa shape index (κ3) is 5.63. The number of halogens is 1. The van der Waals surface area contributed by atoms with Gasteiger partial charge in [0.15, 0.2) is 0 Å². The number of nitrogens with one attached hydrogen (secondary N) is 1. The first-order valence-electron chi connectivity index (χ1n) is 9.39. The fraction of sp³-hybridized carbons (Fsp3) is 0.667. The van der Waals surface area contributed by atoms with Crippen molar-refractivity contribution in [3.63, 3.8) is 0 Å². The van der Waals surface area contributed by atoms with Gasteiger partial charge in [0.25, 0.3) is 0 Å². The van der Waals surface area contributed by atoms with Crippen molar-refractivity contribution in [3.8, 4) is 0 Å². The number of hydrogen-bond acceptors (Lipinski definition) is 5. The standard InChI is InChI=1S/C18H29ClN4O3S/c1-4-22(14(2)3)13-10-21-18(24)15-7-11-23(12-8-15)27(25,26)16-6-5-9-20-17(16)19/h5-6,9,14-15H,4,7-8,10-13H2,1-3H3,(H,21,24). The van der Waals surface area contributed by atoms with E-state index in [1.165, 1.54) is 16.6 Å². The Hall–Kier alpha value is -1.22. The highest BCUT2D eigenvalue weighted by atomic mass is 35.5. The molecule has 0 bridgehead atoms. The summed E-state index contributed by atoms with van der Waals surface area (Å²) in [4.78, 5) is 18.5. The van der Waals surface area contributed by atoms with Gasteiger partial charge in [-0.25, -0.2) is 13.4 Å². The zero-order chi connectivity index (χ0) is 20.0. The lowest BCUT2D eigenvalue weighted by molar-refractivity contribution is -0.126. The fourth-order valence-corrected chi connectivity index (χ4v) is 5.21. The molecule has 0 saturated carbocycles. The molecule has 1 aromatic heterocycles. The molecule has 0 radical (unpaired) electrons. The van der Waals surface area contributed by atoms with E-state index in [-0.39, 0.29) is 21.9 Å². The molecule has 1 aliphatic heterocycles. The molecule has 0 atom stereocenters. The smallest absolute Gasteiger partial charge is 0.246 e. The maximum absolute atomic E-state index is 12.7. The summed E-state index contributed by atoms with van der Waals surface area (Å²) >= 11 is 5.94. The van der Waals surface area contributed by atoms with Gasteiger partial charge in [0, 0.05) is 44.3 Å². The van der Waals surface area contributed by atoms with Gasteiger partial charge >= 0.3 is 0 Å². The summed E-state index contributed by atoms with van der Waals surface area (Å²) in [5, 5.41) is 2.96. The Bertz CT molecular complexity index is 734. The summed E-state index contributed by atoms with van der Waals surface area (Å²) in [7, 11) is -3.68. The maximum Gasteiger partial charge on any atom is 0.246 e. The zero-order valence-corrected chi connectivity index (χ0v) is 17.8. The number of piperidine rings is 1. The first-order chi connectivity index (χ1) is 12.8. The van der Waals surface area contributed by atoms with Crippen molar-refractivity contribution in [2.45, 2.75) is 44.6 Å². The van der Waals surface area contributed by atoms with Crippen LogP contribution in [-0.4, -0.2) is 67.3 Å². The van der Waals surface area contributed by atoms with E-state index in [1.54, 1.807) is 6.07 Å². The monoisotopic (exact) mass is 416 g/mol. The molecular weight excluding hydrogens is 388 g/mol. The van der Waals surface area contributed by atoms with Gasteiger partial charge in [-0.1, -0.05) is 18.5 Å². The summed E-state index contributed by atoms with van der Waals surface area (Å²) in [6, 6.07) is 3.45. The number of pyridine rings is 1. The van der Waals surface area contributed by atoms with Crippen LogP contribution in [0.5, 0.6) is 0 Å². The minimum atomic E-state index is -3.68. The maximum atomic E-state index is 12.7. The van der Waals surface area contributed by atoms with Crippen LogP contribution in [0.4, 0.5) is 0 Å². The second kappa shape index (κ2) is 9.82. The molecular formula is C18H29ClN4O3S. The van der Waals surface area contributed by atoms with Crippen LogP contribution in [0.25, 0.3) is 0 Å². The highest BCUT2D eigenvalue weighted by Crippen LogP contribution is 2.26. The molecule has 152 valence electrons. The number of aromatic nitrogens is 1. The van der Waals surface area contributed by atoms with Crippen molar-refractivity contribution in [3.05, 3.63) is 23.5 Å².